The summed E-state index contributed by atoms with van der Waals surface area (Å²) in [5.74, 6) is 0.539. The summed E-state index contributed by atoms with van der Waals surface area (Å²) >= 11 is 0. The third-order valence-electron chi connectivity index (χ3n) is 5.48. The van der Waals surface area contributed by atoms with Gasteiger partial charge in [-0.15, -0.1) is 0 Å². The molecule has 0 aliphatic rings. The largest absolute Gasteiger partial charge is 0.457 e. The number of hydrogen-bond donors (Lipinski definition) is 2. The molecule has 0 saturated carbocycles. The van der Waals surface area contributed by atoms with E-state index in [2.05, 4.69) is 54.4 Å². The molecule has 166 valence electrons. The van der Waals surface area contributed by atoms with Crippen molar-refractivity contribution >= 4 is 28.4 Å². The van der Waals surface area contributed by atoms with Crippen molar-refractivity contribution in [1.29, 1.82) is 5.26 Å². The number of aliphatic hydroxyl groups is 1. The molecule has 32 heavy (non-hydrogen) atoms. The van der Waals surface area contributed by atoms with Crippen LogP contribution in [0.2, 0.25) is 0 Å². The molecular weight excluding hydrogens is 402 g/mol. The van der Waals surface area contributed by atoms with Gasteiger partial charge in [-0.25, -0.2) is 0 Å². The van der Waals surface area contributed by atoms with Crippen molar-refractivity contribution in [1.82, 2.24) is 5.32 Å². The summed E-state index contributed by atoms with van der Waals surface area (Å²) < 4.78 is 5.88. The Morgan fingerprint density at radius 1 is 1.12 bits per heavy atom. The van der Waals surface area contributed by atoms with E-state index in [1.54, 1.807) is 6.07 Å². The molecule has 1 heterocycles. The molecule has 0 saturated heterocycles. The minimum absolute atomic E-state index is 0.0725. The number of amides is 1. The summed E-state index contributed by atoms with van der Waals surface area (Å²) in [6.45, 7) is 8.14. The van der Waals surface area contributed by atoms with Crippen LogP contribution in [0.25, 0.3) is 28.2 Å². The van der Waals surface area contributed by atoms with E-state index in [1.165, 1.54) is 11.8 Å². The van der Waals surface area contributed by atoms with Gasteiger partial charge in [-0.05, 0) is 61.4 Å². The van der Waals surface area contributed by atoms with Crippen LogP contribution in [-0.4, -0.2) is 36.8 Å². The maximum Gasteiger partial charge on any atom is 0.262 e. The molecule has 0 bridgehead atoms. The van der Waals surface area contributed by atoms with Crippen LogP contribution in [-0.2, 0) is 4.79 Å². The zero-order valence-corrected chi connectivity index (χ0v) is 18.8. The van der Waals surface area contributed by atoms with Crippen molar-refractivity contribution in [3.05, 3.63) is 59.9 Å². The fraction of sp³-hybridized carbons (Fsp3) is 0.308. The Kier molecular flexibility index (Phi) is 7.69. The van der Waals surface area contributed by atoms with Gasteiger partial charge >= 0.3 is 0 Å². The van der Waals surface area contributed by atoms with Crippen molar-refractivity contribution in [2.24, 2.45) is 0 Å². The lowest BCUT2D eigenvalue weighted by molar-refractivity contribution is -0.117. The Labute approximate surface area is 188 Å². The summed E-state index contributed by atoms with van der Waals surface area (Å²) in [5.41, 5.74) is 2.05. The smallest absolute Gasteiger partial charge is 0.262 e. The molecule has 0 radical (unpaired) electrons. The van der Waals surface area contributed by atoms with Crippen LogP contribution >= 0.6 is 0 Å². The number of nitriles is 1. The quantitative estimate of drug-likeness (QED) is 0.377. The van der Waals surface area contributed by atoms with Gasteiger partial charge in [-0.2, -0.15) is 5.26 Å². The molecule has 0 spiro atoms. The van der Waals surface area contributed by atoms with Gasteiger partial charge in [0.2, 0.25) is 0 Å². The van der Waals surface area contributed by atoms with E-state index < -0.39 is 12.0 Å². The molecule has 0 aliphatic heterocycles. The molecule has 1 atom stereocenters. The van der Waals surface area contributed by atoms with Crippen LogP contribution in [0.15, 0.2) is 58.5 Å². The summed E-state index contributed by atoms with van der Waals surface area (Å²) in [6.07, 6.45) is 1.30. The van der Waals surface area contributed by atoms with E-state index in [9.17, 15) is 15.2 Å². The zero-order chi connectivity index (χ0) is 23.1. The Hall–Kier alpha value is -3.56. The second-order valence-electron chi connectivity index (χ2n) is 7.56. The summed E-state index contributed by atoms with van der Waals surface area (Å²) in [4.78, 5) is 14.5. The first-order valence-electron chi connectivity index (χ1n) is 11.0. The molecule has 0 aliphatic carbocycles. The number of rotatable bonds is 9. The van der Waals surface area contributed by atoms with Crippen LogP contribution in [0.5, 0.6) is 0 Å². The number of fused-ring (bicyclic) bond motifs is 1. The van der Waals surface area contributed by atoms with Crippen molar-refractivity contribution in [2.45, 2.75) is 33.3 Å². The van der Waals surface area contributed by atoms with Crippen molar-refractivity contribution in [2.75, 3.05) is 24.5 Å². The van der Waals surface area contributed by atoms with Crippen LogP contribution in [0.3, 0.4) is 0 Å². The predicted molar refractivity (Wildman–Crippen MR) is 128 cm³/mol. The van der Waals surface area contributed by atoms with Crippen LogP contribution in [0, 0.1) is 11.3 Å². The average molecular weight is 432 g/mol. The molecular formula is C26H29N3O3. The minimum Gasteiger partial charge on any atom is -0.457 e. The third-order valence-corrected chi connectivity index (χ3v) is 5.48. The van der Waals surface area contributed by atoms with E-state index in [4.69, 9.17) is 4.42 Å². The molecule has 1 aromatic heterocycles. The molecule has 1 amide bonds. The molecule has 2 N–H and O–H groups in total. The highest BCUT2D eigenvalue weighted by molar-refractivity contribution is 6.01. The van der Waals surface area contributed by atoms with Crippen LogP contribution < -0.4 is 10.2 Å². The maximum absolute atomic E-state index is 12.2. The summed E-state index contributed by atoms with van der Waals surface area (Å²) in [5, 5.41) is 23.7. The van der Waals surface area contributed by atoms with Crippen LogP contribution in [0.4, 0.5) is 5.69 Å². The molecule has 6 nitrogen and oxygen atoms in total. The number of anilines is 1. The van der Waals surface area contributed by atoms with E-state index >= 15 is 0 Å². The fourth-order valence-electron chi connectivity index (χ4n) is 3.50. The minimum atomic E-state index is -0.634. The van der Waals surface area contributed by atoms with Crippen molar-refractivity contribution < 1.29 is 14.3 Å². The van der Waals surface area contributed by atoms with E-state index in [1.807, 2.05) is 25.1 Å². The predicted octanol–water partition coefficient (Wildman–Crippen LogP) is 4.74. The number of carbonyl (C=O) groups excluding carboxylic acids is 1. The Balaban J connectivity index is 1.80. The summed E-state index contributed by atoms with van der Waals surface area (Å²) in [6, 6.07) is 18.0. The molecule has 3 aromatic rings. The van der Waals surface area contributed by atoms with Gasteiger partial charge in [-0.1, -0.05) is 25.1 Å². The Morgan fingerprint density at radius 3 is 2.53 bits per heavy atom. The van der Waals surface area contributed by atoms with Gasteiger partial charge in [0.25, 0.3) is 5.91 Å². The van der Waals surface area contributed by atoms with Gasteiger partial charge in [-0.3, -0.25) is 4.79 Å². The average Bonchev–Trinajstić information content (AvgIpc) is 3.29. The molecule has 2 aromatic carbocycles. The first-order chi connectivity index (χ1) is 15.5. The number of hydrogen-bond acceptors (Lipinski definition) is 5. The monoisotopic (exact) mass is 431 g/mol. The second kappa shape index (κ2) is 10.7. The van der Waals surface area contributed by atoms with Gasteiger partial charge < -0.3 is 19.7 Å². The van der Waals surface area contributed by atoms with Crippen molar-refractivity contribution in [3.8, 4) is 17.4 Å². The van der Waals surface area contributed by atoms with Crippen LogP contribution in [0.1, 0.15) is 33.0 Å². The number of nitrogens with zero attached hydrogens (tertiary/aromatic N) is 2. The summed E-state index contributed by atoms with van der Waals surface area (Å²) in [7, 11) is 0. The molecule has 1 unspecified atom stereocenters. The number of carbonyl (C=O) groups is 1. The van der Waals surface area contributed by atoms with Gasteiger partial charge in [0.1, 0.15) is 23.2 Å². The first-order valence-corrected chi connectivity index (χ1v) is 11.0. The number of furan rings is 1. The zero-order valence-electron chi connectivity index (χ0n) is 18.8. The number of aliphatic hydroxyl groups excluding tert-OH is 1. The van der Waals surface area contributed by atoms with Gasteiger partial charge in [0, 0.05) is 37.0 Å². The second-order valence-corrected chi connectivity index (χ2v) is 7.56. The highest BCUT2D eigenvalue weighted by atomic mass is 16.3. The van der Waals surface area contributed by atoms with Gasteiger partial charge in [0.15, 0.2) is 0 Å². The third kappa shape index (κ3) is 5.37. The topological polar surface area (TPSA) is 89.5 Å². The Morgan fingerprint density at radius 2 is 1.84 bits per heavy atom. The highest BCUT2D eigenvalue weighted by Gasteiger charge is 2.13. The standard InChI is InChI=1S/C26H29N3O3/c1-4-23(30)17-28-26(31)21(16-27)15-24-11-12-25(32-24)20-8-7-19-14-22(29(5-2)6-3)10-9-18(19)13-20/h7-15,23,30H,4-6,17H2,1-3H3,(H,28,31)/b21-15+. The number of benzene rings is 2. The lowest BCUT2D eigenvalue weighted by Crippen LogP contribution is -2.32. The molecule has 3 rings (SSSR count). The molecule has 6 heteroatoms. The van der Waals surface area contributed by atoms with E-state index in [-0.39, 0.29) is 12.1 Å². The number of nitrogens with one attached hydrogen (secondary N) is 1. The normalized spacial score (nSPS) is 12.4. The van der Waals surface area contributed by atoms with E-state index in [0.717, 1.165) is 29.4 Å². The van der Waals surface area contributed by atoms with E-state index in [0.29, 0.717) is 17.9 Å². The lowest BCUT2D eigenvalue weighted by atomic mass is 10.0. The first kappa shape index (κ1) is 23.1. The molecule has 0 fully saturated rings. The SMILES string of the molecule is CCC(O)CNC(=O)/C(C#N)=C/c1ccc(-c2ccc3cc(N(CC)CC)ccc3c2)o1. The lowest BCUT2D eigenvalue weighted by Gasteiger charge is -2.21. The maximum atomic E-state index is 12.2. The highest BCUT2D eigenvalue weighted by Crippen LogP contribution is 2.29. The Bertz CT molecular complexity index is 1150. The van der Waals surface area contributed by atoms with Crippen molar-refractivity contribution in [3.63, 3.8) is 0 Å². The fourth-order valence-corrected chi connectivity index (χ4v) is 3.50. The van der Waals surface area contributed by atoms with Gasteiger partial charge in [0.05, 0.1) is 6.10 Å².